The van der Waals surface area contributed by atoms with Crippen molar-refractivity contribution in [2.75, 3.05) is 0 Å². The Balaban J connectivity index is 1.59. The number of carbonyl (C=O) groups is 1. The number of rotatable bonds is 5. The number of hydrogen-bond acceptors (Lipinski definition) is 5. The summed E-state index contributed by atoms with van der Waals surface area (Å²) in [4.78, 5) is 31.2. The van der Waals surface area contributed by atoms with Gasteiger partial charge in [-0.25, -0.2) is 4.98 Å². The van der Waals surface area contributed by atoms with E-state index in [0.29, 0.717) is 10.2 Å². The first kappa shape index (κ1) is 17.6. The van der Waals surface area contributed by atoms with Crippen LogP contribution in [-0.4, -0.2) is 15.5 Å². The molecule has 27 heavy (non-hydrogen) atoms. The number of fused-ring (bicyclic) bond motifs is 1. The number of amides is 1. The van der Waals surface area contributed by atoms with Crippen molar-refractivity contribution in [3.05, 3.63) is 85.9 Å². The van der Waals surface area contributed by atoms with E-state index in [1.54, 1.807) is 17.4 Å². The van der Waals surface area contributed by atoms with Gasteiger partial charge < -0.3 is 5.32 Å². The molecule has 0 bridgehead atoms. The van der Waals surface area contributed by atoms with Gasteiger partial charge in [0.05, 0.1) is 17.8 Å². The molecule has 3 aromatic heterocycles. The van der Waals surface area contributed by atoms with Gasteiger partial charge in [-0.3, -0.25) is 14.2 Å². The topological polar surface area (TPSA) is 64.0 Å². The second kappa shape index (κ2) is 7.46. The first-order valence-corrected chi connectivity index (χ1v) is 10.2. The third-order valence-electron chi connectivity index (χ3n) is 4.31. The molecule has 136 valence electrons. The van der Waals surface area contributed by atoms with Crippen LogP contribution in [0.25, 0.3) is 10.2 Å². The predicted molar refractivity (Wildman–Crippen MR) is 109 cm³/mol. The van der Waals surface area contributed by atoms with Crippen molar-refractivity contribution in [2.45, 2.75) is 19.5 Å². The summed E-state index contributed by atoms with van der Waals surface area (Å²) in [5.74, 6) is -0.229. The van der Waals surface area contributed by atoms with Gasteiger partial charge >= 0.3 is 0 Å². The van der Waals surface area contributed by atoms with E-state index in [0.717, 1.165) is 16.0 Å². The second-order valence-electron chi connectivity index (χ2n) is 6.24. The first-order valence-electron chi connectivity index (χ1n) is 8.44. The molecular weight excluding hydrogens is 378 g/mol. The average molecular weight is 396 g/mol. The minimum Gasteiger partial charge on any atom is -0.343 e. The molecule has 0 spiro atoms. The van der Waals surface area contributed by atoms with Crippen molar-refractivity contribution in [3.63, 3.8) is 0 Å². The molecule has 0 aliphatic carbocycles. The summed E-state index contributed by atoms with van der Waals surface area (Å²) < 4.78 is 1.35. The Kier molecular flexibility index (Phi) is 4.87. The zero-order valence-electron chi connectivity index (χ0n) is 14.6. The SMILES string of the molecule is Cc1ccc([C@@H](NC(=O)Cn2cnc3sccc3c2=O)c2cccs2)cc1. The lowest BCUT2D eigenvalue weighted by atomic mass is 10.0. The summed E-state index contributed by atoms with van der Waals surface area (Å²) >= 11 is 3.00. The van der Waals surface area contributed by atoms with Gasteiger partial charge in [0.15, 0.2) is 0 Å². The van der Waals surface area contributed by atoms with Gasteiger partial charge in [-0.05, 0) is 35.4 Å². The van der Waals surface area contributed by atoms with Crippen LogP contribution in [0.4, 0.5) is 0 Å². The van der Waals surface area contributed by atoms with Gasteiger partial charge in [0.2, 0.25) is 5.91 Å². The number of carbonyl (C=O) groups excluding carboxylic acids is 1. The van der Waals surface area contributed by atoms with Crippen molar-refractivity contribution >= 4 is 38.8 Å². The highest BCUT2D eigenvalue weighted by molar-refractivity contribution is 7.16. The molecule has 4 rings (SSSR count). The molecule has 0 saturated heterocycles. The van der Waals surface area contributed by atoms with Crippen LogP contribution in [0.1, 0.15) is 22.0 Å². The highest BCUT2D eigenvalue weighted by Crippen LogP contribution is 2.26. The van der Waals surface area contributed by atoms with Gasteiger partial charge in [0.1, 0.15) is 11.4 Å². The molecular formula is C20H17N3O2S2. The molecule has 0 saturated carbocycles. The van der Waals surface area contributed by atoms with Crippen LogP contribution in [0.5, 0.6) is 0 Å². The van der Waals surface area contributed by atoms with Crippen molar-refractivity contribution in [1.82, 2.24) is 14.9 Å². The lowest BCUT2D eigenvalue weighted by Gasteiger charge is -2.18. The Morgan fingerprint density at radius 2 is 1.96 bits per heavy atom. The standard InChI is InChI=1S/C20H17N3O2S2/c1-13-4-6-14(7-5-13)18(16-3-2-9-26-16)22-17(24)11-23-12-21-19-15(20(23)25)8-10-27-19/h2-10,12,18H,11H2,1H3,(H,22,24)/t18-/m1/s1. The molecule has 1 N–H and O–H groups in total. The molecule has 5 nitrogen and oxygen atoms in total. The van der Waals surface area contributed by atoms with Crippen molar-refractivity contribution in [3.8, 4) is 0 Å². The second-order valence-corrected chi connectivity index (χ2v) is 8.12. The summed E-state index contributed by atoms with van der Waals surface area (Å²) in [5.41, 5.74) is 1.98. The predicted octanol–water partition coefficient (Wildman–Crippen LogP) is 3.73. The van der Waals surface area contributed by atoms with E-state index < -0.39 is 0 Å². The molecule has 7 heteroatoms. The highest BCUT2D eigenvalue weighted by atomic mass is 32.1. The number of thiophene rings is 2. The highest BCUT2D eigenvalue weighted by Gasteiger charge is 2.18. The van der Waals surface area contributed by atoms with Crippen molar-refractivity contribution in [1.29, 1.82) is 0 Å². The molecule has 0 fully saturated rings. The Morgan fingerprint density at radius 3 is 2.70 bits per heavy atom. The normalized spacial score (nSPS) is 12.2. The number of aromatic nitrogens is 2. The van der Waals surface area contributed by atoms with E-state index in [9.17, 15) is 9.59 Å². The number of nitrogens with zero attached hydrogens (tertiary/aromatic N) is 2. The molecule has 3 heterocycles. The van der Waals surface area contributed by atoms with Gasteiger partial charge in [-0.15, -0.1) is 22.7 Å². The Labute approximate surface area is 163 Å². The molecule has 0 aliphatic heterocycles. The maximum absolute atomic E-state index is 12.7. The molecule has 1 aromatic carbocycles. The maximum Gasteiger partial charge on any atom is 0.262 e. The van der Waals surface area contributed by atoms with Crippen LogP contribution in [0.15, 0.2) is 64.3 Å². The molecule has 0 radical (unpaired) electrons. The molecule has 1 atom stereocenters. The van der Waals surface area contributed by atoms with Gasteiger partial charge in [0.25, 0.3) is 5.56 Å². The van der Waals surface area contributed by atoms with Crippen LogP contribution >= 0.6 is 22.7 Å². The fourth-order valence-electron chi connectivity index (χ4n) is 2.90. The molecule has 0 aliphatic rings. The third-order valence-corrected chi connectivity index (χ3v) is 6.07. The number of hydrogen-bond donors (Lipinski definition) is 1. The molecule has 4 aromatic rings. The van der Waals surface area contributed by atoms with E-state index in [1.807, 2.05) is 54.1 Å². The Hall–Kier alpha value is -2.77. The maximum atomic E-state index is 12.7. The van der Waals surface area contributed by atoms with Gasteiger partial charge in [-0.2, -0.15) is 0 Å². The summed E-state index contributed by atoms with van der Waals surface area (Å²) in [6, 6.07) is 13.6. The zero-order chi connectivity index (χ0) is 18.8. The van der Waals surface area contributed by atoms with Crippen LogP contribution in [-0.2, 0) is 11.3 Å². The summed E-state index contributed by atoms with van der Waals surface area (Å²) in [7, 11) is 0. The van der Waals surface area contributed by atoms with Crippen molar-refractivity contribution in [2.24, 2.45) is 0 Å². The fraction of sp³-hybridized carbons (Fsp3) is 0.150. The van der Waals surface area contributed by atoms with E-state index in [4.69, 9.17) is 0 Å². The first-order chi connectivity index (χ1) is 13.1. The Morgan fingerprint density at radius 1 is 1.15 bits per heavy atom. The van der Waals surface area contributed by atoms with Gasteiger partial charge in [0, 0.05) is 4.88 Å². The quantitative estimate of drug-likeness (QED) is 0.560. The van der Waals surface area contributed by atoms with E-state index in [-0.39, 0.29) is 24.1 Å². The smallest absolute Gasteiger partial charge is 0.262 e. The van der Waals surface area contributed by atoms with Crippen molar-refractivity contribution < 1.29 is 4.79 Å². The van der Waals surface area contributed by atoms with E-state index >= 15 is 0 Å². The molecule has 1 amide bonds. The zero-order valence-corrected chi connectivity index (χ0v) is 16.2. The van der Waals surface area contributed by atoms with Crippen LogP contribution < -0.4 is 10.9 Å². The van der Waals surface area contributed by atoms with E-state index in [1.165, 1.54) is 22.2 Å². The monoisotopic (exact) mass is 395 g/mol. The Bertz CT molecular complexity index is 1130. The van der Waals surface area contributed by atoms with Crippen LogP contribution in [0.3, 0.4) is 0 Å². The average Bonchev–Trinajstić information content (AvgIpc) is 3.35. The minimum absolute atomic E-state index is 0.0641. The van der Waals surface area contributed by atoms with Gasteiger partial charge in [-0.1, -0.05) is 35.9 Å². The fourth-order valence-corrected chi connectivity index (χ4v) is 4.43. The summed E-state index contributed by atoms with van der Waals surface area (Å²) in [6.07, 6.45) is 1.44. The minimum atomic E-state index is -0.244. The number of benzene rings is 1. The summed E-state index contributed by atoms with van der Waals surface area (Å²) in [6.45, 7) is 1.97. The number of nitrogens with one attached hydrogen (secondary N) is 1. The van der Waals surface area contributed by atoms with Crippen LogP contribution in [0, 0.1) is 6.92 Å². The lowest BCUT2D eigenvalue weighted by molar-refractivity contribution is -0.122. The largest absolute Gasteiger partial charge is 0.343 e. The summed E-state index contributed by atoms with van der Waals surface area (Å²) in [5, 5.41) is 7.42. The number of aryl methyl sites for hydroxylation is 1. The lowest BCUT2D eigenvalue weighted by Crippen LogP contribution is -2.35. The van der Waals surface area contributed by atoms with E-state index in [2.05, 4.69) is 10.3 Å². The molecule has 0 unspecified atom stereocenters. The van der Waals surface area contributed by atoms with Crippen LogP contribution in [0.2, 0.25) is 0 Å². The third kappa shape index (κ3) is 3.70.